The van der Waals surface area contributed by atoms with Gasteiger partial charge in [-0.1, -0.05) is 29.3 Å². The van der Waals surface area contributed by atoms with Gasteiger partial charge in [0.1, 0.15) is 0 Å². The van der Waals surface area contributed by atoms with Gasteiger partial charge in [-0.15, -0.1) is 0 Å². The van der Waals surface area contributed by atoms with E-state index in [1.54, 1.807) is 12.4 Å². The van der Waals surface area contributed by atoms with Crippen molar-refractivity contribution in [2.45, 2.75) is 19.8 Å². The van der Waals surface area contributed by atoms with E-state index < -0.39 is 0 Å². The maximum Gasteiger partial charge on any atom is 0.172 e. The Labute approximate surface area is 111 Å². The van der Waals surface area contributed by atoms with Crippen LogP contribution < -0.4 is 4.90 Å². The standard InChI is InChI=1S/C14H14ClN3/c1-10-4-5-12-11(9-10)3-2-8-18(12)14-13(15)16-6-7-17-14/h4-7,9H,2-3,8H2,1H3. The van der Waals surface area contributed by atoms with Crippen LogP contribution in [-0.2, 0) is 6.42 Å². The second-order valence-corrected chi connectivity index (χ2v) is 4.92. The summed E-state index contributed by atoms with van der Waals surface area (Å²) < 4.78 is 0. The summed E-state index contributed by atoms with van der Waals surface area (Å²) in [7, 11) is 0. The predicted molar refractivity (Wildman–Crippen MR) is 73.5 cm³/mol. The third-order valence-corrected chi connectivity index (χ3v) is 3.51. The van der Waals surface area contributed by atoms with Crippen LogP contribution in [0, 0.1) is 6.92 Å². The number of halogens is 1. The van der Waals surface area contributed by atoms with Crippen molar-refractivity contribution in [1.82, 2.24) is 9.97 Å². The number of hydrogen-bond acceptors (Lipinski definition) is 3. The highest BCUT2D eigenvalue weighted by molar-refractivity contribution is 6.31. The second-order valence-electron chi connectivity index (χ2n) is 4.56. The van der Waals surface area contributed by atoms with Crippen molar-refractivity contribution in [2.75, 3.05) is 11.4 Å². The number of rotatable bonds is 1. The Morgan fingerprint density at radius 1 is 1.22 bits per heavy atom. The number of aryl methyl sites for hydroxylation is 2. The second kappa shape index (κ2) is 4.58. The largest absolute Gasteiger partial charge is 0.324 e. The van der Waals surface area contributed by atoms with E-state index in [0.717, 1.165) is 25.2 Å². The zero-order valence-corrected chi connectivity index (χ0v) is 11.0. The molecule has 2 heterocycles. The zero-order chi connectivity index (χ0) is 12.5. The summed E-state index contributed by atoms with van der Waals surface area (Å²) in [4.78, 5) is 10.6. The van der Waals surface area contributed by atoms with Crippen molar-refractivity contribution in [3.8, 4) is 0 Å². The van der Waals surface area contributed by atoms with Crippen LogP contribution in [0.25, 0.3) is 0 Å². The third-order valence-electron chi connectivity index (χ3n) is 3.25. The average Bonchev–Trinajstić information content (AvgIpc) is 2.38. The van der Waals surface area contributed by atoms with Crippen LogP contribution in [0.5, 0.6) is 0 Å². The summed E-state index contributed by atoms with van der Waals surface area (Å²) in [6.45, 7) is 3.06. The van der Waals surface area contributed by atoms with Gasteiger partial charge < -0.3 is 4.90 Å². The van der Waals surface area contributed by atoms with E-state index in [0.29, 0.717) is 5.15 Å². The molecule has 0 atom stereocenters. The first kappa shape index (κ1) is 11.5. The van der Waals surface area contributed by atoms with E-state index in [1.807, 2.05) is 0 Å². The van der Waals surface area contributed by atoms with Gasteiger partial charge in [-0.3, -0.25) is 0 Å². The summed E-state index contributed by atoms with van der Waals surface area (Å²) in [6, 6.07) is 6.52. The van der Waals surface area contributed by atoms with E-state index in [-0.39, 0.29) is 0 Å². The van der Waals surface area contributed by atoms with Crippen molar-refractivity contribution >= 4 is 23.1 Å². The molecule has 4 heteroatoms. The average molecular weight is 260 g/mol. The molecule has 0 saturated heterocycles. The molecule has 3 rings (SSSR count). The molecule has 2 aromatic rings. The van der Waals surface area contributed by atoms with Gasteiger partial charge in [-0.05, 0) is 31.4 Å². The highest BCUT2D eigenvalue weighted by Gasteiger charge is 2.21. The van der Waals surface area contributed by atoms with Gasteiger partial charge in [0, 0.05) is 24.6 Å². The van der Waals surface area contributed by atoms with Gasteiger partial charge in [0.05, 0.1) is 0 Å². The Morgan fingerprint density at radius 2 is 2.06 bits per heavy atom. The molecule has 1 aliphatic heterocycles. The topological polar surface area (TPSA) is 29.0 Å². The first-order chi connectivity index (χ1) is 8.75. The van der Waals surface area contributed by atoms with Crippen LogP contribution in [0.1, 0.15) is 17.5 Å². The molecule has 1 aromatic carbocycles. The predicted octanol–water partition coefficient (Wildman–Crippen LogP) is 3.52. The Bertz CT molecular complexity index is 583. The maximum absolute atomic E-state index is 6.14. The number of nitrogens with zero attached hydrogens (tertiary/aromatic N) is 3. The molecule has 0 bridgehead atoms. The Balaban J connectivity index is 2.09. The van der Waals surface area contributed by atoms with Crippen molar-refractivity contribution in [2.24, 2.45) is 0 Å². The van der Waals surface area contributed by atoms with Gasteiger partial charge in [0.25, 0.3) is 0 Å². The smallest absolute Gasteiger partial charge is 0.172 e. The lowest BCUT2D eigenvalue weighted by atomic mass is 10.00. The third kappa shape index (κ3) is 1.95. The maximum atomic E-state index is 6.14. The van der Waals surface area contributed by atoms with Crippen molar-refractivity contribution < 1.29 is 0 Å². The van der Waals surface area contributed by atoms with E-state index >= 15 is 0 Å². The van der Waals surface area contributed by atoms with E-state index in [9.17, 15) is 0 Å². The van der Waals surface area contributed by atoms with Crippen molar-refractivity contribution in [3.63, 3.8) is 0 Å². The van der Waals surface area contributed by atoms with Crippen molar-refractivity contribution in [3.05, 3.63) is 46.9 Å². The van der Waals surface area contributed by atoms with E-state index in [2.05, 4.69) is 40.0 Å². The van der Waals surface area contributed by atoms with Gasteiger partial charge in [0.2, 0.25) is 0 Å². The summed E-state index contributed by atoms with van der Waals surface area (Å²) in [5, 5.41) is 0.464. The highest BCUT2D eigenvalue weighted by atomic mass is 35.5. The van der Waals surface area contributed by atoms with Crippen LogP contribution in [0.4, 0.5) is 11.5 Å². The summed E-state index contributed by atoms with van der Waals surface area (Å²) in [5.74, 6) is 0.754. The summed E-state index contributed by atoms with van der Waals surface area (Å²) in [6.07, 6.45) is 5.53. The molecule has 1 aromatic heterocycles. The number of hydrogen-bond donors (Lipinski definition) is 0. The molecule has 0 N–H and O–H groups in total. The van der Waals surface area contributed by atoms with Crippen molar-refractivity contribution in [1.29, 1.82) is 0 Å². The summed E-state index contributed by atoms with van der Waals surface area (Å²) in [5.41, 5.74) is 3.86. The monoisotopic (exact) mass is 259 g/mol. The molecule has 0 spiro atoms. The van der Waals surface area contributed by atoms with Crippen LogP contribution in [-0.4, -0.2) is 16.5 Å². The first-order valence-corrected chi connectivity index (χ1v) is 6.47. The number of fused-ring (bicyclic) bond motifs is 1. The van der Waals surface area contributed by atoms with Crippen LogP contribution in [0.15, 0.2) is 30.6 Å². The molecule has 1 aliphatic rings. The normalized spacial score (nSPS) is 14.4. The fraction of sp³-hybridized carbons (Fsp3) is 0.286. The number of benzene rings is 1. The molecular formula is C14H14ClN3. The van der Waals surface area contributed by atoms with Crippen LogP contribution >= 0.6 is 11.6 Å². The molecule has 0 amide bonds. The Morgan fingerprint density at radius 3 is 2.89 bits per heavy atom. The molecular weight excluding hydrogens is 246 g/mol. The number of aromatic nitrogens is 2. The molecule has 0 radical (unpaired) electrons. The van der Waals surface area contributed by atoms with E-state index in [4.69, 9.17) is 11.6 Å². The molecule has 0 fully saturated rings. The lowest BCUT2D eigenvalue weighted by Crippen LogP contribution is -2.25. The Hall–Kier alpha value is -1.61. The highest BCUT2D eigenvalue weighted by Crippen LogP contribution is 2.35. The van der Waals surface area contributed by atoms with Gasteiger partial charge in [-0.2, -0.15) is 0 Å². The summed E-state index contributed by atoms with van der Waals surface area (Å²) >= 11 is 6.14. The molecule has 0 aliphatic carbocycles. The minimum Gasteiger partial charge on any atom is -0.324 e. The molecule has 18 heavy (non-hydrogen) atoms. The zero-order valence-electron chi connectivity index (χ0n) is 10.2. The molecule has 92 valence electrons. The fourth-order valence-corrected chi connectivity index (χ4v) is 2.65. The fourth-order valence-electron chi connectivity index (χ4n) is 2.44. The van der Waals surface area contributed by atoms with Crippen LogP contribution in [0.3, 0.4) is 0 Å². The number of anilines is 2. The lowest BCUT2D eigenvalue weighted by molar-refractivity contribution is 0.757. The van der Waals surface area contributed by atoms with Crippen LogP contribution in [0.2, 0.25) is 5.15 Å². The molecule has 3 nitrogen and oxygen atoms in total. The quantitative estimate of drug-likeness (QED) is 0.785. The van der Waals surface area contributed by atoms with Gasteiger partial charge in [0.15, 0.2) is 11.0 Å². The molecule has 0 saturated carbocycles. The minimum atomic E-state index is 0.464. The SMILES string of the molecule is Cc1ccc2c(c1)CCCN2c1nccnc1Cl. The first-order valence-electron chi connectivity index (χ1n) is 6.09. The Kier molecular flexibility index (Phi) is 2.92. The van der Waals surface area contributed by atoms with Gasteiger partial charge in [-0.25, -0.2) is 9.97 Å². The lowest BCUT2D eigenvalue weighted by Gasteiger charge is -2.30. The van der Waals surface area contributed by atoms with Gasteiger partial charge >= 0.3 is 0 Å². The molecule has 0 unspecified atom stereocenters. The van der Waals surface area contributed by atoms with E-state index in [1.165, 1.54) is 16.8 Å². The minimum absolute atomic E-state index is 0.464.